The molecule has 0 bridgehead atoms. The quantitative estimate of drug-likeness (QED) is 0.765. The average Bonchev–Trinajstić information content (AvgIpc) is 2.89. The number of hydrogen-bond acceptors (Lipinski definition) is 3. The van der Waals surface area contributed by atoms with Gasteiger partial charge in [0.15, 0.2) is 0 Å². The number of H-pyrrole nitrogens is 1. The summed E-state index contributed by atoms with van der Waals surface area (Å²) in [6.45, 7) is 19.8. The molecule has 4 nitrogen and oxygen atoms in total. The van der Waals surface area contributed by atoms with Crippen molar-refractivity contribution in [3.05, 3.63) is 46.3 Å². The van der Waals surface area contributed by atoms with Crippen molar-refractivity contribution in [1.82, 2.24) is 15.5 Å². The largest absolute Gasteiger partial charge is 0.487 e. The van der Waals surface area contributed by atoms with Gasteiger partial charge in [-0.2, -0.15) is 5.10 Å². The van der Waals surface area contributed by atoms with Crippen LogP contribution in [0.5, 0.6) is 5.75 Å². The van der Waals surface area contributed by atoms with E-state index >= 15 is 0 Å². The molecular formula is C22H35N3O. The standard InChI is InChI=1S/C22H35N3O/c1-9-23-13-17-15(2)24-25-19(17)14-26-20-11-10-16(21(3,4)5)12-18(20)22(6,7)8/h10-12,23H,9,13-14H2,1-8H3,(H,24,25). The highest BCUT2D eigenvalue weighted by Gasteiger charge is 2.23. The van der Waals surface area contributed by atoms with E-state index in [0.29, 0.717) is 6.61 Å². The van der Waals surface area contributed by atoms with Gasteiger partial charge in [-0.1, -0.05) is 60.6 Å². The van der Waals surface area contributed by atoms with Crippen molar-refractivity contribution in [1.29, 1.82) is 0 Å². The highest BCUT2D eigenvalue weighted by Crippen LogP contribution is 2.35. The number of hydrogen-bond donors (Lipinski definition) is 2. The molecule has 0 fully saturated rings. The summed E-state index contributed by atoms with van der Waals surface area (Å²) in [6.07, 6.45) is 0. The number of aromatic nitrogens is 2. The summed E-state index contributed by atoms with van der Waals surface area (Å²) in [5, 5.41) is 10.9. The van der Waals surface area contributed by atoms with Crippen molar-refractivity contribution in [2.75, 3.05) is 6.54 Å². The Morgan fingerprint density at radius 3 is 2.35 bits per heavy atom. The van der Waals surface area contributed by atoms with Crippen LogP contribution in [0.3, 0.4) is 0 Å². The SMILES string of the molecule is CCNCc1c(COc2ccc(C(C)(C)C)cc2C(C)(C)C)n[nH]c1C. The number of aryl methyl sites for hydroxylation is 1. The number of nitrogens with zero attached hydrogens (tertiary/aromatic N) is 1. The van der Waals surface area contributed by atoms with Crippen LogP contribution < -0.4 is 10.1 Å². The molecule has 0 aliphatic heterocycles. The number of aromatic amines is 1. The second-order valence-electron chi connectivity index (χ2n) is 9.05. The van der Waals surface area contributed by atoms with Crippen LogP contribution >= 0.6 is 0 Å². The molecule has 0 radical (unpaired) electrons. The normalized spacial score (nSPS) is 12.5. The van der Waals surface area contributed by atoms with E-state index in [-0.39, 0.29) is 10.8 Å². The van der Waals surface area contributed by atoms with Gasteiger partial charge in [-0.05, 0) is 41.5 Å². The Bertz CT molecular complexity index is 733. The Kier molecular flexibility index (Phi) is 6.17. The highest BCUT2D eigenvalue weighted by atomic mass is 16.5. The Labute approximate surface area is 158 Å². The van der Waals surface area contributed by atoms with Gasteiger partial charge in [-0.15, -0.1) is 0 Å². The van der Waals surface area contributed by atoms with E-state index in [1.54, 1.807) is 0 Å². The first-order chi connectivity index (χ1) is 12.0. The van der Waals surface area contributed by atoms with Crippen LogP contribution in [-0.4, -0.2) is 16.7 Å². The predicted octanol–water partition coefficient (Wildman–Crippen LogP) is 5.00. The second-order valence-corrected chi connectivity index (χ2v) is 9.05. The third-order valence-corrected chi connectivity index (χ3v) is 4.73. The lowest BCUT2D eigenvalue weighted by Crippen LogP contribution is -2.18. The lowest BCUT2D eigenvalue weighted by atomic mass is 9.80. The van der Waals surface area contributed by atoms with Crippen LogP contribution in [0.15, 0.2) is 18.2 Å². The maximum absolute atomic E-state index is 6.24. The van der Waals surface area contributed by atoms with Crippen molar-refractivity contribution in [3.63, 3.8) is 0 Å². The molecule has 0 aliphatic carbocycles. The Balaban J connectivity index is 2.27. The van der Waals surface area contributed by atoms with Crippen LogP contribution in [0.2, 0.25) is 0 Å². The molecule has 0 spiro atoms. The smallest absolute Gasteiger partial charge is 0.132 e. The summed E-state index contributed by atoms with van der Waals surface area (Å²) in [5.41, 5.74) is 5.99. The molecule has 1 aromatic heterocycles. The lowest BCUT2D eigenvalue weighted by Gasteiger charge is -2.27. The average molecular weight is 358 g/mol. The van der Waals surface area contributed by atoms with E-state index in [4.69, 9.17) is 4.74 Å². The summed E-state index contributed by atoms with van der Waals surface area (Å²) >= 11 is 0. The van der Waals surface area contributed by atoms with Gasteiger partial charge in [0.05, 0.1) is 0 Å². The molecule has 1 heterocycles. The molecule has 0 saturated heterocycles. The Morgan fingerprint density at radius 2 is 1.77 bits per heavy atom. The first-order valence-electron chi connectivity index (χ1n) is 9.55. The monoisotopic (exact) mass is 357 g/mol. The number of nitrogens with one attached hydrogen (secondary N) is 2. The fourth-order valence-corrected chi connectivity index (χ4v) is 2.96. The molecule has 1 aromatic carbocycles. The maximum atomic E-state index is 6.24. The first kappa shape index (κ1) is 20.5. The summed E-state index contributed by atoms with van der Waals surface area (Å²) in [5.74, 6) is 0.945. The first-order valence-corrected chi connectivity index (χ1v) is 9.55. The van der Waals surface area contributed by atoms with E-state index in [9.17, 15) is 0 Å². The van der Waals surface area contributed by atoms with Crippen molar-refractivity contribution in [2.45, 2.75) is 79.4 Å². The molecule has 0 saturated carbocycles. The van der Waals surface area contributed by atoms with Crippen LogP contribution in [0.1, 0.15) is 76.5 Å². The van der Waals surface area contributed by atoms with Crippen molar-refractivity contribution < 1.29 is 4.74 Å². The van der Waals surface area contributed by atoms with Gasteiger partial charge in [0.2, 0.25) is 0 Å². The van der Waals surface area contributed by atoms with E-state index in [2.05, 4.69) is 89.1 Å². The molecule has 0 aliphatic rings. The molecule has 2 N–H and O–H groups in total. The number of rotatable bonds is 6. The van der Waals surface area contributed by atoms with Crippen molar-refractivity contribution in [2.24, 2.45) is 0 Å². The molecule has 0 atom stereocenters. The van der Waals surface area contributed by atoms with Gasteiger partial charge in [0.1, 0.15) is 18.1 Å². The molecule has 2 aromatic rings. The van der Waals surface area contributed by atoms with Gasteiger partial charge < -0.3 is 10.1 Å². The minimum Gasteiger partial charge on any atom is -0.487 e. The molecule has 144 valence electrons. The van der Waals surface area contributed by atoms with Gasteiger partial charge in [-0.3, -0.25) is 5.10 Å². The summed E-state index contributed by atoms with van der Waals surface area (Å²) < 4.78 is 6.24. The number of benzene rings is 1. The maximum Gasteiger partial charge on any atom is 0.132 e. The zero-order valence-electron chi connectivity index (χ0n) is 17.7. The molecule has 0 unspecified atom stereocenters. The summed E-state index contributed by atoms with van der Waals surface area (Å²) in [6, 6.07) is 6.59. The molecule has 0 amide bonds. The van der Waals surface area contributed by atoms with Gasteiger partial charge >= 0.3 is 0 Å². The second kappa shape index (κ2) is 7.83. The third-order valence-electron chi connectivity index (χ3n) is 4.73. The van der Waals surface area contributed by atoms with Crippen LogP contribution in [0.4, 0.5) is 0 Å². The van der Waals surface area contributed by atoms with Gasteiger partial charge in [0.25, 0.3) is 0 Å². The van der Waals surface area contributed by atoms with E-state index < -0.39 is 0 Å². The Morgan fingerprint density at radius 1 is 1.08 bits per heavy atom. The van der Waals surface area contributed by atoms with Crippen LogP contribution in [0.25, 0.3) is 0 Å². The summed E-state index contributed by atoms with van der Waals surface area (Å²) in [7, 11) is 0. The van der Waals surface area contributed by atoms with Crippen molar-refractivity contribution >= 4 is 0 Å². The minimum atomic E-state index is 0.0185. The minimum absolute atomic E-state index is 0.0185. The third kappa shape index (κ3) is 4.88. The lowest BCUT2D eigenvalue weighted by molar-refractivity contribution is 0.291. The van der Waals surface area contributed by atoms with E-state index in [0.717, 1.165) is 30.2 Å². The fourth-order valence-electron chi connectivity index (χ4n) is 2.96. The molecule has 4 heteroatoms. The highest BCUT2D eigenvalue weighted by molar-refractivity contribution is 5.43. The predicted molar refractivity (Wildman–Crippen MR) is 109 cm³/mol. The van der Waals surface area contributed by atoms with Crippen molar-refractivity contribution in [3.8, 4) is 5.75 Å². The summed E-state index contributed by atoms with van der Waals surface area (Å²) in [4.78, 5) is 0. The molecular weight excluding hydrogens is 322 g/mol. The Hall–Kier alpha value is -1.81. The molecule has 26 heavy (non-hydrogen) atoms. The zero-order valence-corrected chi connectivity index (χ0v) is 17.7. The van der Waals surface area contributed by atoms with Gasteiger partial charge in [0, 0.05) is 17.8 Å². The van der Waals surface area contributed by atoms with Crippen LogP contribution in [-0.2, 0) is 24.0 Å². The van der Waals surface area contributed by atoms with Crippen LogP contribution in [0, 0.1) is 6.92 Å². The zero-order chi connectivity index (χ0) is 19.5. The van der Waals surface area contributed by atoms with E-state index in [1.165, 1.54) is 16.7 Å². The number of ether oxygens (including phenoxy) is 1. The fraction of sp³-hybridized carbons (Fsp3) is 0.591. The molecule has 2 rings (SSSR count). The van der Waals surface area contributed by atoms with Gasteiger partial charge in [-0.25, -0.2) is 0 Å². The van der Waals surface area contributed by atoms with E-state index in [1.807, 2.05) is 0 Å². The topological polar surface area (TPSA) is 49.9 Å².